The van der Waals surface area contributed by atoms with E-state index in [9.17, 15) is 4.39 Å². The molecule has 0 bridgehead atoms. The first kappa shape index (κ1) is 20.0. The molecule has 1 aromatic heterocycles. The van der Waals surface area contributed by atoms with Gasteiger partial charge in [-0.25, -0.2) is 14.4 Å². The first-order chi connectivity index (χ1) is 13.2. The number of benzene rings is 1. The standard InChI is InChI=1S/C24H33FN2/c1-3-5-6-21-16-26-24(27-17-21)22-14-13-20(15-23(22)25)12-11-19-9-7-18(4-2)8-10-19/h13-19H,3-12H2,1-2H3. The van der Waals surface area contributed by atoms with Gasteiger partial charge in [0.25, 0.3) is 0 Å². The van der Waals surface area contributed by atoms with Gasteiger partial charge >= 0.3 is 0 Å². The number of nitrogens with zero attached hydrogens (tertiary/aromatic N) is 2. The van der Waals surface area contributed by atoms with Gasteiger partial charge in [-0.3, -0.25) is 0 Å². The summed E-state index contributed by atoms with van der Waals surface area (Å²) in [6.45, 7) is 4.47. The second-order valence-electron chi connectivity index (χ2n) is 8.17. The zero-order valence-electron chi connectivity index (χ0n) is 16.9. The molecule has 1 saturated carbocycles. The summed E-state index contributed by atoms with van der Waals surface area (Å²) in [7, 11) is 0. The molecule has 1 heterocycles. The fourth-order valence-corrected chi connectivity index (χ4v) is 4.20. The van der Waals surface area contributed by atoms with Crippen molar-refractivity contribution in [3.63, 3.8) is 0 Å². The molecule has 3 rings (SSSR count). The second-order valence-corrected chi connectivity index (χ2v) is 8.17. The van der Waals surface area contributed by atoms with E-state index in [-0.39, 0.29) is 5.82 Å². The third kappa shape index (κ3) is 5.60. The Labute approximate surface area is 163 Å². The summed E-state index contributed by atoms with van der Waals surface area (Å²) >= 11 is 0. The molecule has 0 saturated heterocycles. The Balaban J connectivity index is 1.57. The van der Waals surface area contributed by atoms with Crippen molar-refractivity contribution in [1.82, 2.24) is 9.97 Å². The van der Waals surface area contributed by atoms with Crippen molar-refractivity contribution in [2.45, 2.75) is 78.1 Å². The maximum absolute atomic E-state index is 14.6. The lowest BCUT2D eigenvalue weighted by Crippen LogP contribution is -2.14. The minimum absolute atomic E-state index is 0.205. The molecule has 0 N–H and O–H groups in total. The molecular formula is C24H33FN2. The van der Waals surface area contributed by atoms with E-state index in [1.165, 1.54) is 38.5 Å². The SMILES string of the molecule is CCCCc1cnc(-c2ccc(CCC3CCC(CC)CC3)cc2F)nc1. The summed E-state index contributed by atoms with van der Waals surface area (Å²) in [4.78, 5) is 8.75. The molecule has 2 nitrogen and oxygen atoms in total. The summed E-state index contributed by atoms with van der Waals surface area (Å²) in [5.74, 6) is 2.03. The molecule has 1 aromatic carbocycles. The van der Waals surface area contributed by atoms with Crippen LogP contribution >= 0.6 is 0 Å². The van der Waals surface area contributed by atoms with Gasteiger partial charge in [0.2, 0.25) is 0 Å². The van der Waals surface area contributed by atoms with Gasteiger partial charge in [-0.1, -0.05) is 58.4 Å². The Morgan fingerprint density at radius 3 is 2.26 bits per heavy atom. The Hall–Kier alpha value is -1.77. The van der Waals surface area contributed by atoms with Gasteiger partial charge in [0.1, 0.15) is 5.82 Å². The van der Waals surface area contributed by atoms with Crippen molar-refractivity contribution in [2.24, 2.45) is 11.8 Å². The van der Waals surface area contributed by atoms with E-state index in [4.69, 9.17) is 0 Å². The third-order valence-corrected chi connectivity index (χ3v) is 6.18. The topological polar surface area (TPSA) is 25.8 Å². The molecule has 0 radical (unpaired) electrons. The van der Waals surface area contributed by atoms with E-state index in [2.05, 4.69) is 23.8 Å². The molecule has 1 aliphatic rings. The van der Waals surface area contributed by atoms with Gasteiger partial charge in [0.15, 0.2) is 5.82 Å². The fraction of sp³-hybridized carbons (Fsp3) is 0.583. The highest BCUT2D eigenvalue weighted by molar-refractivity contribution is 5.56. The van der Waals surface area contributed by atoms with Crippen LogP contribution in [0.4, 0.5) is 4.39 Å². The summed E-state index contributed by atoms with van der Waals surface area (Å²) in [5, 5.41) is 0. The summed E-state index contributed by atoms with van der Waals surface area (Å²) in [6, 6.07) is 5.57. The van der Waals surface area contributed by atoms with E-state index >= 15 is 0 Å². The Morgan fingerprint density at radius 2 is 1.63 bits per heavy atom. The third-order valence-electron chi connectivity index (χ3n) is 6.18. The van der Waals surface area contributed by atoms with Crippen molar-refractivity contribution < 1.29 is 4.39 Å². The number of unbranched alkanes of at least 4 members (excludes halogenated alkanes) is 1. The number of halogens is 1. The normalized spacial score (nSPS) is 20.0. The highest BCUT2D eigenvalue weighted by Gasteiger charge is 2.20. The molecule has 0 amide bonds. The highest BCUT2D eigenvalue weighted by Crippen LogP contribution is 2.33. The Morgan fingerprint density at radius 1 is 0.926 bits per heavy atom. The first-order valence-electron chi connectivity index (χ1n) is 10.8. The summed E-state index contributed by atoms with van der Waals surface area (Å²) < 4.78 is 14.6. The average molecular weight is 369 g/mol. The lowest BCUT2D eigenvalue weighted by Gasteiger charge is -2.27. The maximum Gasteiger partial charge on any atom is 0.162 e. The van der Waals surface area contributed by atoms with E-state index in [1.54, 1.807) is 6.07 Å². The quantitative estimate of drug-likeness (QED) is 0.513. The van der Waals surface area contributed by atoms with Crippen LogP contribution in [0.1, 0.15) is 76.3 Å². The molecule has 0 aliphatic heterocycles. The zero-order valence-corrected chi connectivity index (χ0v) is 16.9. The predicted molar refractivity (Wildman–Crippen MR) is 110 cm³/mol. The predicted octanol–water partition coefficient (Wildman–Crippen LogP) is 6.77. The van der Waals surface area contributed by atoms with Crippen molar-refractivity contribution >= 4 is 0 Å². The molecule has 0 unspecified atom stereocenters. The van der Waals surface area contributed by atoms with Crippen LogP contribution in [0, 0.1) is 17.7 Å². The molecule has 0 spiro atoms. The van der Waals surface area contributed by atoms with Gasteiger partial charge in [0.05, 0.1) is 5.56 Å². The monoisotopic (exact) mass is 368 g/mol. The van der Waals surface area contributed by atoms with E-state index in [1.807, 2.05) is 24.5 Å². The average Bonchev–Trinajstić information content (AvgIpc) is 2.71. The van der Waals surface area contributed by atoms with Crippen molar-refractivity contribution in [3.05, 3.63) is 47.5 Å². The van der Waals surface area contributed by atoms with Crippen LogP contribution in [0.5, 0.6) is 0 Å². The molecule has 0 atom stereocenters. The van der Waals surface area contributed by atoms with E-state index < -0.39 is 0 Å². The van der Waals surface area contributed by atoms with Crippen LogP contribution in [-0.2, 0) is 12.8 Å². The van der Waals surface area contributed by atoms with Crippen LogP contribution in [0.15, 0.2) is 30.6 Å². The summed E-state index contributed by atoms with van der Waals surface area (Å²) in [5.41, 5.74) is 2.72. The van der Waals surface area contributed by atoms with Crippen molar-refractivity contribution in [1.29, 1.82) is 0 Å². The Kier molecular flexibility index (Phi) is 7.37. The van der Waals surface area contributed by atoms with Gasteiger partial charge in [-0.2, -0.15) is 0 Å². The molecule has 3 heteroatoms. The maximum atomic E-state index is 14.6. The number of aromatic nitrogens is 2. The molecule has 27 heavy (non-hydrogen) atoms. The minimum Gasteiger partial charge on any atom is -0.236 e. The molecule has 146 valence electrons. The Bertz CT molecular complexity index is 703. The van der Waals surface area contributed by atoms with Gasteiger partial charge in [-0.15, -0.1) is 0 Å². The van der Waals surface area contributed by atoms with Gasteiger partial charge in [0, 0.05) is 12.4 Å². The van der Waals surface area contributed by atoms with Gasteiger partial charge in [-0.05, 0) is 60.8 Å². The lowest BCUT2D eigenvalue weighted by molar-refractivity contribution is 0.259. The van der Waals surface area contributed by atoms with Crippen LogP contribution in [0.2, 0.25) is 0 Å². The largest absolute Gasteiger partial charge is 0.236 e. The molecular weight excluding hydrogens is 335 g/mol. The number of hydrogen-bond acceptors (Lipinski definition) is 2. The van der Waals surface area contributed by atoms with Crippen LogP contribution < -0.4 is 0 Å². The van der Waals surface area contributed by atoms with Crippen LogP contribution in [-0.4, -0.2) is 9.97 Å². The summed E-state index contributed by atoms with van der Waals surface area (Å²) in [6.07, 6.45) is 15.8. The van der Waals surface area contributed by atoms with E-state index in [0.29, 0.717) is 11.4 Å². The van der Waals surface area contributed by atoms with Crippen molar-refractivity contribution in [3.8, 4) is 11.4 Å². The van der Waals surface area contributed by atoms with E-state index in [0.717, 1.165) is 48.6 Å². The highest BCUT2D eigenvalue weighted by atomic mass is 19.1. The van der Waals surface area contributed by atoms with Crippen LogP contribution in [0.25, 0.3) is 11.4 Å². The smallest absolute Gasteiger partial charge is 0.162 e. The minimum atomic E-state index is -0.205. The van der Waals surface area contributed by atoms with Crippen molar-refractivity contribution in [2.75, 3.05) is 0 Å². The van der Waals surface area contributed by atoms with Gasteiger partial charge < -0.3 is 0 Å². The van der Waals surface area contributed by atoms with Crippen LogP contribution in [0.3, 0.4) is 0 Å². The fourth-order valence-electron chi connectivity index (χ4n) is 4.20. The number of rotatable bonds is 8. The zero-order chi connectivity index (χ0) is 19.1. The second kappa shape index (κ2) is 9.96. The first-order valence-corrected chi connectivity index (χ1v) is 10.8. The number of aryl methyl sites for hydroxylation is 2. The molecule has 1 fully saturated rings. The lowest BCUT2D eigenvalue weighted by atomic mass is 9.78. The molecule has 2 aromatic rings. The number of hydrogen-bond donors (Lipinski definition) is 0. The molecule has 1 aliphatic carbocycles.